The highest BCUT2D eigenvalue weighted by Crippen LogP contribution is 2.17. The molecule has 0 aromatic heterocycles. The van der Waals surface area contributed by atoms with E-state index in [0.29, 0.717) is 18.8 Å². The molecule has 0 heterocycles. The summed E-state index contributed by atoms with van der Waals surface area (Å²) in [5, 5.41) is 12.5. The van der Waals surface area contributed by atoms with Crippen molar-refractivity contribution < 1.29 is 9.90 Å². The fourth-order valence-electron chi connectivity index (χ4n) is 1.46. The Balaban J connectivity index is 2.41. The third-order valence-electron chi connectivity index (χ3n) is 3.00. The zero-order valence-corrected chi connectivity index (χ0v) is 10.7. The van der Waals surface area contributed by atoms with Crippen molar-refractivity contribution in [1.82, 2.24) is 5.32 Å². The van der Waals surface area contributed by atoms with Gasteiger partial charge in [0.1, 0.15) is 5.75 Å². The second-order valence-corrected chi connectivity index (χ2v) is 4.73. The van der Waals surface area contributed by atoms with E-state index in [1.54, 1.807) is 12.1 Å². The quantitative estimate of drug-likeness (QED) is 0.823. The van der Waals surface area contributed by atoms with Crippen LogP contribution in [0.3, 0.4) is 0 Å². The summed E-state index contributed by atoms with van der Waals surface area (Å²) in [7, 11) is 0. The topological polar surface area (TPSA) is 49.3 Å². The Morgan fingerprint density at radius 1 is 1.29 bits per heavy atom. The predicted molar refractivity (Wildman–Crippen MR) is 68.9 cm³/mol. The molecule has 0 bridgehead atoms. The first-order valence-corrected chi connectivity index (χ1v) is 6.07. The number of hydrogen-bond donors (Lipinski definition) is 2. The fourth-order valence-corrected chi connectivity index (χ4v) is 1.46. The first kappa shape index (κ1) is 13.6. The van der Waals surface area contributed by atoms with Gasteiger partial charge in [0, 0.05) is 12.5 Å². The molecule has 94 valence electrons. The summed E-state index contributed by atoms with van der Waals surface area (Å²) < 4.78 is 0. The minimum Gasteiger partial charge on any atom is -0.508 e. The van der Waals surface area contributed by atoms with E-state index in [2.05, 4.69) is 19.2 Å². The molecule has 0 aliphatic rings. The molecule has 1 unspecified atom stereocenters. The molecule has 1 rings (SSSR count). The second-order valence-electron chi connectivity index (χ2n) is 4.73. The van der Waals surface area contributed by atoms with Crippen LogP contribution < -0.4 is 5.32 Å². The van der Waals surface area contributed by atoms with Crippen molar-refractivity contribution in [3.05, 3.63) is 29.8 Å². The maximum Gasteiger partial charge on any atom is 0.220 e. The van der Waals surface area contributed by atoms with Crippen molar-refractivity contribution in [1.29, 1.82) is 0 Å². The molecule has 0 saturated carbocycles. The Morgan fingerprint density at radius 3 is 2.53 bits per heavy atom. The summed E-state index contributed by atoms with van der Waals surface area (Å²) in [6.45, 7) is 6.16. The summed E-state index contributed by atoms with van der Waals surface area (Å²) >= 11 is 0. The van der Waals surface area contributed by atoms with Gasteiger partial charge in [-0.3, -0.25) is 4.79 Å². The number of benzene rings is 1. The highest BCUT2D eigenvalue weighted by Gasteiger charge is 2.11. The molecule has 3 nitrogen and oxygen atoms in total. The Morgan fingerprint density at radius 2 is 1.94 bits per heavy atom. The SMILES string of the molecule is CC(C)C(C)NC(=O)CCc1ccccc1O. The fraction of sp³-hybridized carbons (Fsp3) is 0.500. The number of phenolic OH excluding ortho intramolecular Hbond substituents is 1. The monoisotopic (exact) mass is 235 g/mol. The number of para-hydroxylation sites is 1. The number of nitrogens with one attached hydrogen (secondary N) is 1. The van der Waals surface area contributed by atoms with Crippen molar-refractivity contribution in [3.8, 4) is 5.75 Å². The molecule has 1 amide bonds. The lowest BCUT2D eigenvalue weighted by Crippen LogP contribution is -2.36. The first-order valence-electron chi connectivity index (χ1n) is 6.07. The van der Waals surface area contributed by atoms with Crippen LogP contribution in [-0.4, -0.2) is 17.1 Å². The summed E-state index contributed by atoms with van der Waals surface area (Å²) in [5.74, 6) is 0.732. The number of phenols is 1. The number of hydrogen-bond acceptors (Lipinski definition) is 2. The molecule has 2 N–H and O–H groups in total. The lowest BCUT2D eigenvalue weighted by atomic mass is 10.1. The largest absolute Gasteiger partial charge is 0.508 e. The molecular weight excluding hydrogens is 214 g/mol. The zero-order chi connectivity index (χ0) is 12.8. The summed E-state index contributed by atoms with van der Waals surface area (Å²) in [4.78, 5) is 11.6. The molecule has 1 aromatic rings. The molecule has 0 aliphatic heterocycles. The number of carbonyl (C=O) groups is 1. The van der Waals surface area contributed by atoms with Gasteiger partial charge < -0.3 is 10.4 Å². The van der Waals surface area contributed by atoms with Crippen LogP contribution in [0.5, 0.6) is 5.75 Å². The Kier molecular flexibility index (Phi) is 5.01. The van der Waals surface area contributed by atoms with Crippen LogP contribution in [0.25, 0.3) is 0 Å². The molecule has 0 spiro atoms. The minimum atomic E-state index is 0.0365. The highest BCUT2D eigenvalue weighted by molar-refractivity contribution is 5.76. The lowest BCUT2D eigenvalue weighted by Gasteiger charge is -2.17. The van der Waals surface area contributed by atoms with E-state index in [1.165, 1.54) is 0 Å². The van der Waals surface area contributed by atoms with E-state index >= 15 is 0 Å². The Hall–Kier alpha value is -1.51. The summed E-state index contributed by atoms with van der Waals surface area (Å²) in [5.41, 5.74) is 0.819. The molecule has 0 aliphatic carbocycles. The molecule has 0 saturated heterocycles. The van der Waals surface area contributed by atoms with Crippen LogP contribution in [0.2, 0.25) is 0 Å². The van der Waals surface area contributed by atoms with Gasteiger partial charge in [0.2, 0.25) is 5.91 Å². The Bertz CT molecular complexity index is 374. The molecule has 0 radical (unpaired) electrons. The van der Waals surface area contributed by atoms with Gasteiger partial charge in [-0.25, -0.2) is 0 Å². The van der Waals surface area contributed by atoms with Crippen LogP contribution in [0.4, 0.5) is 0 Å². The van der Waals surface area contributed by atoms with E-state index in [0.717, 1.165) is 5.56 Å². The Labute approximate surface area is 103 Å². The van der Waals surface area contributed by atoms with Gasteiger partial charge >= 0.3 is 0 Å². The van der Waals surface area contributed by atoms with Gasteiger partial charge in [-0.2, -0.15) is 0 Å². The third-order valence-corrected chi connectivity index (χ3v) is 3.00. The van der Waals surface area contributed by atoms with Crippen molar-refractivity contribution in [3.63, 3.8) is 0 Å². The van der Waals surface area contributed by atoms with Gasteiger partial charge in [-0.1, -0.05) is 32.0 Å². The average molecular weight is 235 g/mol. The van der Waals surface area contributed by atoms with Crippen molar-refractivity contribution in [2.24, 2.45) is 5.92 Å². The molecule has 0 fully saturated rings. The van der Waals surface area contributed by atoms with Gasteiger partial charge in [0.15, 0.2) is 0 Å². The highest BCUT2D eigenvalue weighted by atomic mass is 16.3. The van der Waals surface area contributed by atoms with Crippen LogP contribution in [0.15, 0.2) is 24.3 Å². The van der Waals surface area contributed by atoms with Gasteiger partial charge in [-0.15, -0.1) is 0 Å². The average Bonchev–Trinajstić information content (AvgIpc) is 2.27. The van der Waals surface area contributed by atoms with E-state index in [9.17, 15) is 9.90 Å². The maximum atomic E-state index is 11.6. The smallest absolute Gasteiger partial charge is 0.220 e. The van der Waals surface area contributed by atoms with Crippen molar-refractivity contribution >= 4 is 5.91 Å². The number of carbonyl (C=O) groups excluding carboxylic acids is 1. The number of aryl methyl sites for hydroxylation is 1. The van der Waals surface area contributed by atoms with E-state index in [4.69, 9.17) is 0 Å². The minimum absolute atomic E-state index is 0.0365. The summed E-state index contributed by atoms with van der Waals surface area (Å²) in [6, 6.07) is 7.31. The maximum absolute atomic E-state index is 11.6. The standard InChI is InChI=1S/C14H21NO2/c1-10(2)11(3)15-14(17)9-8-12-6-4-5-7-13(12)16/h4-7,10-11,16H,8-9H2,1-3H3,(H,15,17). The number of amides is 1. The normalized spacial score (nSPS) is 12.5. The van der Waals surface area contributed by atoms with Gasteiger partial charge in [0.05, 0.1) is 0 Å². The van der Waals surface area contributed by atoms with Gasteiger partial charge in [0.25, 0.3) is 0 Å². The molecule has 1 atom stereocenters. The molecular formula is C14H21NO2. The predicted octanol–water partition coefficient (Wildman–Crippen LogP) is 2.49. The van der Waals surface area contributed by atoms with Crippen LogP contribution >= 0.6 is 0 Å². The number of rotatable bonds is 5. The lowest BCUT2D eigenvalue weighted by molar-refractivity contribution is -0.121. The van der Waals surface area contributed by atoms with Crippen LogP contribution in [0.1, 0.15) is 32.8 Å². The third kappa shape index (κ3) is 4.47. The molecule has 1 aromatic carbocycles. The zero-order valence-electron chi connectivity index (χ0n) is 10.7. The van der Waals surface area contributed by atoms with Crippen LogP contribution in [0, 0.1) is 5.92 Å². The summed E-state index contributed by atoms with van der Waals surface area (Å²) in [6.07, 6.45) is 0.984. The van der Waals surface area contributed by atoms with Gasteiger partial charge in [-0.05, 0) is 30.9 Å². The second kappa shape index (κ2) is 6.28. The molecule has 17 heavy (non-hydrogen) atoms. The van der Waals surface area contributed by atoms with E-state index in [-0.39, 0.29) is 17.7 Å². The van der Waals surface area contributed by atoms with Crippen molar-refractivity contribution in [2.75, 3.05) is 0 Å². The van der Waals surface area contributed by atoms with E-state index < -0.39 is 0 Å². The number of aromatic hydroxyl groups is 1. The van der Waals surface area contributed by atoms with Crippen molar-refractivity contribution in [2.45, 2.75) is 39.7 Å². The first-order chi connectivity index (χ1) is 8.00. The van der Waals surface area contributed by atoms with Crippen LogP contribution in [-0.2, 0) is 11.2 Å². The molecule has 3 heteroatoms. The van der Waals surface area contributed by atoms with E-state index in [1.807, 2.05) is 19.1 Å².